The zero-order valence-corrected chi connectivity index (χ0v) is 24.7. The van der Waals surface area contributed by atoms with Crippen LogP contribution in [0.15, 0.2) is 22.8 Å². The number of nitrogens with zero attached hydrogens (tertiary/aromatic N) is 1. The first-order valence-electron chi connectivity index (χ1n) is 15.8. The van der Waals surface area contributed by atoms with E-state index in [0.717, 1.165) is 63.1 Å². The van der Waals surface area contributed by atoms with Crippen molar-refractivity contribution >= 4 is 0 Å². The molecular weight excluding hydrogens is 474 g/mol. The molecule has 38 heavy (non-hydrogen) atoms. The van der Waals surface area contributed by atoms with Crippen LogP contribution in [0, 0.1) is 35.0 Å². The minimum atomic E-state index is -0.123. The molecule has 10 atom stereocenters. The van der Waals surface area contributed by atoms with Crippen LogP contribution in [-0.2, 0) is 14.2 Å². The van der Waals surface area contributed by atoms with Gasteiger partial charge in [0.1, 0.15) is 0 Å². The van der Waals surface area contributed by atoms with Gasteiger partial charge in [0.15, 0.2) is 0 Å². The topological polar surface area (TPSA) is 51.2 Å². The molecule has 6 rings (SSSR count). The smallest absolute Gasteiger partial charge is 0.0765 e. The zero-order valence-electron chi connectivity index (χ0n) is 24.7. The van der Waals surface area contributed by atoms with Crippen LogP contribution in [0.5, 0.6) is 0 Å². The monoisotopic (exact) mass is 527 g/mol. The maximum absolute atomic E-state index is 10.4. The van der Waals surface area contributed by atoms with E-state index in [-0.39, 0.29) is 11.7 Å². The fraction of sp³-hybridized carbons (Fsp3) is 0.879. The van der Waals surface area contributed by atoms with Crippen LogP contribution in [-0.4, -0.2) is 73.9 Å². The molecule has 2 saturated heterocycles. The third kappa shape index (κ3) is 4.57. The molecule has 2 aliphatic heterocycles. The number of rotatable bonds is 6. The Morgan fingerprint density at radius 2 is 1.97 bits per heavy atom. The summed E-state index contributed by atoms with van der Waals surface area (Å²) >= 11 is 0. The Morgan fingerprint density at radius 1 is 1.13 bits per heavy atom. The standard InChI is InChI=1S/C33H53NO4/c1-21-16-30-31(34(20-21)12-13-37-15-14-36-5)23(3)33(38-30)11-9-26-27-7-6-24-17-25(35)8-10-32(24,4)29(27)18-28(26)22(2)19-33/h6,21,23,25-27,29-31,35H,7-20H2,1-5H3. The first kappa shape index (κ1) is 27.4. The van der Waals surface area contributed by atoms with Crippen molar-refractivity contribution in [1.29, 1.82) is 0 Å². The molecule has 0 aromatic rings. The second-order valence-corrected chi connectivity index (χ2v) is 14.3. The third-order valence-electron chi connectivity index (χ3n) is 12.2. The fourth-order valence-corrected chi connectivity index (χ4v) is 10.3. The Kier molecular flexibility index (Phi) is 7.65. The summed E-state index contributed by atoms with van der Waals surface area (Å²) in [5.74, 6) is 3.47. The first-order valence-corrected chi connectivity index (χ1v) is 15.8. The normalized spacial score (nSPS) is 46.8. The fourth-order valence-electron chi connectivity index (χ4n) is 10.3. The van der Waals surface area contributed by atoms with Crippen molar-refractivity contribution in [2.24, 2.45) is 35.0 Å². The molecule has 4 aliphatic carbocycles. The number of hydrogen-bond donors (Lipinski definition) is 1. The van der Waals surface area contributed by atoms with E-state index in [1.165, 1.54) is 32.1 Å². The summed E-state index contributed by atoms with van der Waals surface area (Å²) in [6.07, 6.45) is 13.1. The molecule has 1 spiro atoms. The van der Waals surface area contributed by atoms with Crippen molar-refractivity contribution in [2.45, 2.75) is 109 Å². The lowest BCUT2D eigenvalue weighted by Gasteiger charge is -2.49. The number of piperidine rings is 1. The molecule has 0 aromatic heterocycles. The molecule has 5 heteroatoms. The van der Waals surface area contributed by atoms with Crippen molar-refractivity contribution in [3.05, 3.63) is 22.8 Å². The highest BCUT2D eigenvalue weighted by Crippen LogP contribution is 2.63. The van der Waals surface area contributed by atoms with Crippen LogP contribution in [0.4, 0.5) is 0 Å². The van der Waals surface area contributed by atoms with Gasteiger partial charge in [0.2, 0.25) is 0 Å². The van der Waals surface area contributed by atoms with E-state index in [2.05, 4.69) is 38.7 Å². The average molecular weight is 528 g/mol. The van der Waals surface area contributed by atoms with Crippen LogP contribution in [0.25, 0.3) is 0 Å². The molecule has 4 fully saturated rings. The van der Waals surface area contributed by atoms with Crippen LogP contribution in [0.2, 0.25) is 0 Å². The number of fused-ring (bicyclic) bond motifs is 6. The van der Waals surface area contributed by atoms with Crippen LogP contribution < -0.4 is 0 Å². The summed E-state index contributed by atoms with van der Waals surface area (Å²) in [5.41, 5.74) is 5.30. The van der Waals surface area contributed by atoms with Crippen LogP contribution in [0.1, 0.15) is 85.5 Å². The second kappa shape index (κ2) is 10.6. The number of aliphatic hydroxyl groups is 1. The SMILES string of the molecule is COCCOCCN1CC(C)CC2OC3(CCC4C(=C(C)C3)CC3C4CC=C4CC(O)CCC43C)C(C)C21. The molecule has 0 aromatic carbocycles. The van der Waals surface area contributed by atoms with Gasteiger partial charge >= 0.3 is 0 Å². The summed E-state index contributed by atoms with van der Waals surface area (Å²) in [5, 5.41) is 10.4. The first-order chi connectivity index (χ1) is 18.3. The van der Waals surface area contributed by atoms with E-state index in [1.54, 1.807) is 23.8 Å². The average Bonchev–Trinajstić information content (AvgIpc) is 3.34. The van der Waals surface area contributed by atoms with E-state index in [0.29, 0.717) is 42.6 Å². The lowest BCUT2D eigenvalue weighted by Crippen LogP contribution is -2.52. The van der Waals surface area contributed by atoms with Gasteiger partial charge in [-0.3, -0.25) is 4.90 Å². The highest BCUT2D eigenvalue weighted by Gasteiger charge is 2.59. The molecule has 6 aliphatic rings. The minimum absolute atomic E-state index is 0.0139. The largest absolute Gasteiger partial charge is 0.393 e. The zero-order chi connectivity index (χ0) is 26.7. The van der Waals surface area contributed by atoms with Gasteiger partial charge < -0.3 is 19.3 Å². The number of aliphatic hydroxyl groups excluding tert-OH is 1. The van der Waals surface area contributed by atoms with Crippen molar-refractivity contribution < 1.29 is 19.3 Å². The highest BCUT2D eigenvalue weighted by molar-refractivity contribution is 5.34. The molecule has 0 amide bonds. The van der Waals surface area contributed by atoms with Gasteiger partial charge in [-0.15, -0.1) is 0 Å². The van der Waals surface area contributed by atoms with E-state index < -0.39 is 0 Å². The molecule has 5 nitrogen and oxygen atoms in total. The summed E-state index contributed by atoms with van der Waals surface area (Å²) in [6.45, 7) is 14.2. The predicted molar refractivity (Wildman–Crippen MR) is 151 cm³/mol. The Balaban J connectivity index is 1.20. The number of likely N-dealkylation sites (tertiary alicyclic amines) is 1. The minimum Gasteiger partial charge on any atom is -0.393 e. The van der Waals surface area contributed by atoms with E-state index in [4.69, 9.17) is 14.2 Å². The molecule has 2 saturated carbocycles. The van der Waals surface area contributed by atoms with E-state index >= 15 is 0 Å². The van der Waals surface area contributed by atoms with Crippen LogP contribution >= 0.6 is 0 Å². The van der Waals surface area contributed by atoms with Gasteiger partial charge in [0.05, 0.1) is 37.6 Å². The van der Waals surface area contributed by atoms with Gasteiger partial charge in [-0.05, 0) is 93.8 Å². The Hall–Kier alpha value is -0.720. The van der Waals surface area contributed by atoms with Gasteiger partial charge in [-0.25, -0.2) is 0 Å². The Morgan fingerprint density at radius 3 is 2.79 bits per heavy atom. The number of methoxy groups -OCH3 is 1. The maximum atomic E-state index is 10.4. The summed E-state index contributed by atoms with van der Waals surface area (Å²) < 4.78 is 18.3. The summed E-state index contributed by atoms with van der Waals surface area (Å²) in [7, 11) is 1.74. The van der Waals surface area contributed by atoms with E-state index in [9.17, 15) is 5.11 Å². The molecule has 0 radical (unpaired) electrons. The molecular formula is C33H53NO4. The molecule has 10 unspecified atom stereocenters. The van der Waals surface area contributed by atoms with Gasteiger partial charge in [0.25, 0.3) is 0 Å². The highest BCUT2D eigenvalue weighted by atomic mass is 16.5. The predicted octanol–water partition coefficient (Wildman–Crippen LogP) is 5.77. The van der Waals surface area contributed by atoms with Crippen LogP contribution in [0.3, 0.4) is 0 Å². The molecule has 1 N–H and O–H groups in total. The van der Waals surface area contributed by atoms with Crippen molar-refractivity contribution in [1.82, 2.24) is 4.90 Å². The van der Waals surface area contributed by atoms with Gasteiger partial charge in [0, 0.05) is 32.2 Å². The van der Waals surface area contributed by atoms with Gasteiger partial charge in [-0.2, -0.15) is 0 Å². The van der Waals surface area contributed by atoms with Crippen molar-refractivity contribution in [3.8, 4) is 0 Å². The quantitative estimate of drug-likeness (QED) is 0.351. The number of hydrogen-bond acceptors (Lipinski definition) is 5. The molecule has 0 bridgehead atoms. The Bertz CT molecular complexity index is 945. The van der Waals surface area contributed by atoms with Crippen molar-refractivity contribution in [3.63, 3.8) is 0 Å². The number of ether oxygens (including phenoxy) is 3. The number of allylic oxidation sites excluding steroid dienone is 2. The Labute approximate surface area is 231 Å². The third-order valence-corrected chi connectivity index (χ3v) is 12.2. The second-order valence-electron chi connectivity index (χ2n) is 14.3. The lowest BCUT2D eigenvalue weighted by atomic mass is 9.56. The maximum Gasteiger partial charge on any atom is 0.0765 e. The summed E-state index contributed by atoms with van der Waals surface area (Å²) in [6, 6.07) is 0.508. The molecule has 2 heterocycles. The van der Waals surface area contributed by atoms with E-state index in [1.807, 2.05) is 0 Å². The molecule has 214 valence electrons. The van der Waals surface area contributed by atoms with Crippen molar-refractivity contribution in [2.75, 3.05) is 40.0 Å². The summed E-state index contributed by atoms with van der Waals surface area (Å²) in [4.78, 5) is 2.71. The van der Waals surface area contributed by atoms with Gasteiger partial charge in [-0.1, -0.05) is 43.6 Å². The lowest BCUT2D eigenvalue weighted by molar-refractivity contribution is -0.0805.